The van der Waals surface area contributed by atoms with Crippen molar-refractivity contribution in [3.63, 3.8) is 0 Å². The van der Waals surface area contributed by atoms with E-state index >= 15 is 0 Å². The normalized spacial score (nSPS) is 20.7. The summed E-state index contributed by atoms with van der Waals surface area (Å²) in [4.78, 5) is 3.93. The highest BCUT2D eigenvalue weighted by atomic mass is 35.5. The van der Waals surface area contributed by atoms with Gasteiger partial charge in [-0.15, -0.1) is 0 Å². The number of hydrogen-bond donors (Lipinski definition) is 1. The van der Waals surface area contributed by atoms with Crippen LogP contribution in [0.2, 0.25) is 5.02 Å². The Morgan fingerprint density at radius 1 is 1.67 bits per heavy atom. The van der Waals surface area contributed by atoms with Crippen molar-refractivity contribution in [2.75, 3.05) is 11.9 Å². The van der Waals surface area contributed by atoms with E-state index in [-0.39, 0.29) is 0 Å². The van der Waals surface area contributed by atoms with Gasteiger partial charge in [0.15, 0.2) is 5.75 Å². The highest BCUT2D eigenvalue weighted by molar-refractivity contribution is 6.33. The third kappa shape index (κ3) is 1.20. The van der Waals surface area contributed by atoms with Gasteiger partial charge in [0, 0.05) is 6.20 Å². The van der Waals surface area contributed by atoms with Crippen LogP contribution in [0.5, 0.6) is 5.75 Å². The molecule has 0 saturated carbocycles. The fraction of sp³-hybridized carbons (Fsp3) is 0.375. The smallest absolute Gasteiger partial charge is 0.162 e. The Morgan fingerprint density at radius 2 is 2.50 bits per heavy atom. The first-order valence-corrected chi connectivity index (χ1v) is 4.18. The number of hydrogen-bond acceptors (Lipinski definition) is 3. The van der Waals surface area contributed by atoms with Crippen LogP contribution >= 0.6 is 11.6 Å². The van der Waals surface area contributed by atoms with Crippen LogP contribution in [-0.4, -0.2) is 17.6 Å². The van der Waals surface area contributed by atoms with Crippen molar-refractivity contribution >= 4 is 17.3 Å². The van der Waals surface area contributed by atoms with E-state index < -0.39 is 0 Å². The van der Waals surface area contributed by atoms with E-state index in [4.69, 9.17) is 16.3 Å². The largest absolute Gasteiger partial charge is 0.488 e. The van der Waals surface area contributed by atoms with Gasteiger partial charge in [-0.25, -0.2) is 0 Å². The molecule has 4 heteroatoms. The van der Waals surface area contributed by atoms with Crippen molar-refractivity contribution in [1.82, 2.24) is 4.98 Å². The van der Waals surface area contributed by atoms with Gasteiger partial charge in [0.2, 0.25) is 0 Å². The van der Waals surface area contributed by atoms with Crippen molar-refractivity contribution in [2.45, 2.75) is 13.0 Å². The first kappa shape index (κ1) is 7.68. The molecule has 64 valence electrons. The summed E-state index contributed by atoms with van der Waals surface area (Å²) in [5.41, 5.74) is 0.852. The molecule has 1 aromatic rings. The second-order valence-electron chi connectivity index (χ2n) is 2.85. The molecule has 1 aromatic heterocycles. The van der Waals surface area contributed by atoms with Crippen molar-refractivity contribution < 1.29 is 4.74 Å². The molecule has 0 saturated heterocycles. The number of halogens is 1. The van der Waals surface area contributed by atoms with Crippen LogP contribution in [0.1, 0.15) is 6.92 Å². The van der Waals surface area contributed by atoms with E-state index in [2.05, 4.69) is 10.3 Å². The topological polar surface area (TPSA) is 34.1 Å². The maximum atomic E-state index is 5.90. The summed E-state index contributed by atoms with van der Waals surface area (Å²) in [5, 5.41) is 3.84. The quantitative estimate of drug-likeness (QED) is 0.669. The summed E-state index contributed by atoms with van der Waals surface area (Å²) in [7, 11) is 0. The van der Waals surface area contributed by atoms with Crippen LogP contribution in [-0.2, 0) is 0 Å². The van der Waals surface area contributed by atoms with Crippen molar-refractivity contribution in [1.29, 1.82) is 0 Å². The highest BCUT2D eigenvalue weighted by Crippen LogP contribution is 2.33. The van der Waals surface area contributed by atoms with E-state index in [1.807, 2.05) is 6.92 Å². The van der Waals surface area contributed by atoms with Crippen molar-refractivity contribution in [3.8, 4) is 5.75 Å². The molecule has 0 radical (unpaired) electrons. The minimum Gasteiger partial charge on any atom is -0.488 e. The van der Waals surface area contributed by atoms with Gasteiger partial charge in [0.25, 0.3) is 0 Å². The SMILES string of the molecule is CC1COc2cncc(Cl)c2N1. The highest BCUT2D eigenvalue weighted by Gasteiger charge is 2.17. The average Bonchev–Trinajstić information content (AvgIpc) is 2.07. The van der Waals surface area contributed by atoms with E-state index in [0.29, 0.717) is 17.7 Å². The Labute approximate surface area is 75.7 Å². The van der Waals surface area contributed by atoms with E-state index in [9.17, 15) is 0 Å². The van der Waals surface area contributed by atoms with Crippen LogP contribution in [0.3, 0.4) is 0 Å². The molecule has 0 aliphatic carbocycles. The third-order valence-electron chi connectivity index (χ3n) is 1.74. The maximum absolute atomic E-state index is 5.90. The van der Waals surface area contributed by atoms with Gasteiger partial charge in [-0.05, 0) is 6.92 Å². The van der Waals surface area contributed by atoms with Gasteiger partial charge >= 0.3 is 0 Å². The molecule has 12 heavy (non-hydrogen) atoms. The Hall–Kier alpha value is -0.960. The lowest BCUT2D eigenvalue weighted by molar-refractivity contribution is 0.291. The number of nitrogens with zero attached hydrogens (tertiary/aromatic N) is 1. The van der Waals surface area contributed by atoms with Crippen LogP contribution < -0.4 is 10.1 Å². The molecule has 0 spiro atoms. The molecule has 1 aliphatic heterocycles. The molecule has 1 N–H and O–H groups in total. The minimum atomic E-state index is 0.303. The molecule has 3 nitrogen and oxygen atoms in total. The maximum Gasteiger partial charge on any atom is 0.162 e. The molecule has 1 atom stereocenters. The van der Waals surface area contributed by atoms with Gasteiger partial charge < -0.3 is 10.1 Å². The Bertz CT molecular complexity index is 303. The zero-order chi connectivity index (χ0) is 8.55. The monoisotopic (exact) mass is 184 g/mol. The summed E-state index contributed by atoms with van der Waals surface area (Å²) in [5.74, 6) is 0.737. The second-order valence-corrected chi connectivity index (χ2v) is 3.26. The van der Waals surface area contributed by atoms with Crippen LogP contribution in [0.25, 0.3) is 0 Å². The van der Waals surface area contributed by atoms with Crippen LogP contribution in [0.4, 0.5) is 5.69 Å². The lowest BCUT2D eigenvalue weighted by Crippen LogP contribution is -2.28. The molecule has 0 bridgehead atoms. The van der Waals surface area contributed by atoms with Gasteiger partial charge in [-0.2, -0.15) is 0 Å². The molecule has 0 fully saturated rings. The first-order chi connectivity index (χ1) is 5.77. The summed E-state index contributed by atoms with van der Waals surface area (Å²) in [6.07, 6.45) is 3.27. The summed E-state index contributed by atoms with van der Waals surface area (Å²) < 4.78 is 5.41. The van der Waals surface area contributed by atoms with E-state index in [0.717, 1.165) is 11.4 Å². The zero-order valence-corrected chi connectivity index (χ0v) is 7.43. The fourth-order valence-corrected chi connectivity index (χ4v) is 1.37. The predicted octanol–water partition coefficient (Wildman–Crippen LogP) is 1.93. The fourth-order valence-electron chi connectivity index (χ4n) is 1.17. The van der Waals surface area contributed by atoms with Gasteiger partial charge in [-0.1, -0.05) is 11.6 Å². The molecular formula is C8H9ClN2O. The third-order valence-corrected chi connectivity index (χ3v) is 2.03. The average molecular weight is 185 g/mol. The molecule has 0 amide bonds. The first-order valence-electron chi connectivity index (χ1n) is 3.80. The minimum absolute atomic E-state index is 0.303. The Morgan fingerprint density at radius 3 is 3.33 bits per heavy atom. The van der Waals surface area contributed by atoms with Crippen molar-refractivity contribution in [2.24, 2.45) is 0 Å². The van der Waals surface area contributed by atoms with Crippen LogP contribution in [0, 0.1) is 0 Å². The molecule has 0 aromatic carbocycles. The molecule has 2 rings (SSSR count). The van der Waals surface area contributed by atoms with E-state index in [1.54, 1.807) is 12.4 Å². The number of nitrogens with one attached hydrogen (secondary N) is 1. The van der Waals surface area contributed by atoms with Crippen LogP contribution in [0.15, 0.2) is 12.4 Å². The Balaban J connectivity index is 2.43. The van der Waals surface area contributed by atoms with Gasteiger partial charge in [-0.3, -0.25) is 4.98 Å². The molecular weight excluding hydrogens is 176 g/mol. The summed E-state index contributed by atoms with van der Waals surface area (Å²) in [6, 6.07) is 0.303. The summed E-state index contributed by atoms with van der Waals surface area (Å²) in [6.45, 7) is 2.70. The standard InChI is InChI=1S/C8H9ClN2O/c1-5-4-12-7-3-10-2-6(9)8(7)11-5/h2-3,5,11H,4H2,1H3. The summed E-state index contributed by atoms with van der Waals surface area (Å²) >= 11 is 5.90. The number of fused-ring (bicyclic) bond motifs is 1. The molecule has 2 heterocycles. The van der Waals surface area contributed by atoms with E-state index in [1.165, 1.54) is 0 Å². The number of pyridine rings is 1. The predicted molar refractivity (Wildman–Crippen MR) is 47.8 cm³/mol. The lowest BCUT2D eigenvalue weighted by atomic mass is 10.2. The van der Waals surface area contributed by atoms with Crippen molar-refractivity contribution in [3.05, 3.63) is 17.4 Å². The number of rotatable bonds is 0. The molecule has 1 aliphatic rings. The zero-order valence-electron chi connectivity index (χ0n) is 6.67. The Kier molecular flexibility index (Phi) is 1.81. The van der Waals surface area contributed by atoms with Gasteiger partial charge in [0.05, 0.1) is 22.9 Å². The van der Waals surface area contributed by atoms with Gasteiger partial charge in [0.1, 0.15) is 6.61 Å². The number of ether oxygens (including phenoxy) is 1. The second kappa shape index (κ2) is 2.83. The lowest BCUT2D eigenvalue weighted by Gasteiger charge is -2.24. The molecule has 1 unspecified atom stereocenters. The number of aromatic nitrogens is 1. The number of anilines is 1.